The maximum absolute atomic E-state index is 12.0. The molecule has 2 aromatic heterocycles. The third-order valence-corrected chi connectivity index (χ3v) is 4.27. The zero-order valence-corrected chi connectivity index (χ0v) is 15.2. The van der Waals surface area contributed by atoms with Crippen LogP contribution in [0.4, 0.5) is 0 Å². The Hall–Kier alpha value is -3.60. The molecule has 4 rings (SSSR count). The van der Waals surface area contributed by atoms with Gasteiger partial charge in [-0.05, 0) is 30.3 Å². The van der Waals surface area contributed by atoms with Crippen LogP contribution in [0, 0.1) is 0 Å². The van der Waals surface area contributed by atoms with Crippen molar-refractivity contribution in [1.82, 2.24) is 14.7 Å². The molecule has 0 fully saturated rings. The number of amides is 1. The molecule has 27 heavy (non-hydrogen) atoms. The fourth-order valence-electron chi connectivity index (χ4n) is 2.82. The zero-order chi connectivity index (χ0) is 18.8. The van der Waals surface area contributed by atoms with Gasteiger partial charge in [0.15, 0.2) is 5.76 Å². The minimum Gasteiger partial charge on any atom is -0.454 e. The number of fused-ring (bicyclic) bond motifs is 1. The first-order valence-electron chi connectivity index (χ1n) is 8.65. The Morgan fingerprint density at radius 1 is 1.07 bits per heavy atom. The summed E-state index contributed by atoms with van der Waals surface area (Å²) in [5, 5.41) is 5.73. The summed E-state index contributed by atoms with van der Waals surface area (Å²) in [6.45, 7) is 0. The van der Waals surface area contributed by atoms with Crippen LogP contribution < -0.4 is 0 Å². The van der Waals surface area contributed by atoms with Crippen molar-refractivity contribution in [2.75, 3.05) is 14.1 Å². The van der Waals surface area contributed by atoms with Crippen LogP contribution in [-0.4, -0.2) is 34.7 Å². The van der Waals surface area contributed by atoms with Crippen molar-refractivity contribution >= 4 is 23.0 Å². The molecule has 2 aromatic carbocycles. The van der Waals surface area contributed by atoms with Gasteiger partial charge in [0.2, 0.25) is 5.91 Å². The van der Waals surface area contributed by atoms with Gasteiger partial charge in [-0.2, -0.15) is 5.10 Å². The summed E-state index contributed by atoms with van der Waals surface area (Å²) in [5.41, 5.74) is 3.25. The number of furan rings is 1. The van der Waals surface area contributed by atoms with Crippen molar-refractivity contribution in [1.29, 1.82) is 0 Å². The third kappa shape index (κ3) is 3.40. The van der Waals surface area contributed by atoms with Crippen LogP contribution in [0.5, 0.6) is 0 Å². The number of carbonyl (C=O) groups is 1. The zero-order valence-electron chi connectivity index (χ0n) is 15.2. The molecule has 0 radical (unpaired) electrons. The van der Waals surface area contributed by atoms with Crippen LogP contribution in [0.1, 0.15) is 5.56 Å². The number of para-hydroxylation sites is 2. The van der Waals surface area contributed by atoms with E-state index in [-0.39, 0.29) is 5.91 Å². The van der Waals surface area contributed by atoms with E-state index in [0.717, 1.165) is 22.2 Å². The van der Waals surface area contributed by atoms with Gasteiger partial charge in [0.1, 0.15) is 11.3 Å². The van der Waals surface area contributed by atoms with Crippen molar-refractivity contribution in [3.05, 3.63) is 78.5 Å². The summed E-state index contributed by atoms with van der Waals surface area (Å²) in [6.07, 6.45) is 5.22. The Kier molecular flexibility index (Phi) is 4.34. The number of aromatic nitrogens is 2. The Morgan fingerprint density at radius 3 is 2.56 bits per heavy atom. The molecule has 0 unspecified atom stereocenters. The molecule has 1 amide bonds. The lowest BCUT2D eigenvalue weighted by Crippen LogP contribution is -2.18. The SMILES string of the molecule is CN(C)C(=O)/C=C/c1cn(-c2ccccc2)nc1-c1cc2ccccc2o1. The van der Waals surface area contributed by atoms with E-state index in [1.54, 1.807) is 30.9 Å². The normalized spacial score (nSPS) is 11.3. The molecule has 0 saturated carbocycles. The van der Waals surface area contributed by atoms with E-state index in [4.69, 9.17) is 9.52 Å². The first-order chi connectivity index (χ1) is 13.1. The largest absolute Gasteiger partial charge is 0.454 e. The van der Waals surface area contributed by atoms with E-state index in [9.17, 15) is 4.79 Å². The van der Waals surface area contributed by atoms with E-state index in [2.05, 4.69) is 0 Å². The van der Waals surface area contributed by atoms with Gasteiger partial charge in [-0.1, -0.05) is 36.4 Å². The Labute approximate surface area is 157 Å². The number of carbonyl (C=O) groups excluding carboxylic acids is 1. The highest BCUT2D eigenvalue weighted by Crippen LogP contribution is 2.30. The van der Waals surface area contributed by atoms with E-state index in [1.165, 1.54) is 4.90 Å². The molecule has 0 aliphatic rings. The van der Waals surface area contributed by atoms with E-state index < -0.39 is 0 Å². The molecule has 134 valence electrons. The van der Waals surface area contributed by atoms with Crippen molar-refractivity contribution in [3.8, 4) is 17.1 Å². The molecule has 5 nitrogen and oxygen atoms in total. The first-order valence-corrected chi connectivity index (χ1v) is 8.65. The predicted octanol–water partition coefficient (Wildman–Crippen LogP) is 4.39. The first kappa shape index (κ1) is 16.8. The topological polar surface area (TPSA) is 51.3 Å². The van der Waals surface area contributed by atoms with E-state index in [1.807, 2.05) is 66.9 Å². The highest BCUT2D eigenvalue weighted by Gasteiger charge is 2.15. The molecular formula is C22H19N3O2. The van der Waals surface area contributed by atoms with Crippen molar-refractivity contribution in [3.63, 3.8) is 0 Å². The maximum atomic E-state index is 12.0. The van der Waals surface area contributed by atoms with Crippen LogP contribution in [-0.2, 0) is 4.79 Å². The van der Waals surface area contributed by atoms with Gasteiger partial charge in [-0.25, -0.2) is 4.68 Å². The van der Waals surface area contributed by atoms with Gasteiger partial charge < -0.3 is 9.32 Å². The number of nitrogens with zero attached hydrogens (tertiary/aromatic N) is 3. The summed E-state index contributed by atoms with van der Waals surface area (Å²) < 4.78 is 7.79. The maximum Gasteiger partial charge on any atom is 0.246 e. The number of hydrogen-bond donors (Lipinski definition) is 0. The van der Waals surface area contributed by atoms with Crippen LogP contribution in [0.2, 0.25) is 0 Å². The lowest BCUT2D eigenvalue weighted by atomic mass is 10.2. The van der Waals surface area contributed by atoms with Gasteiger partial charge in [0.05, 0.1) is 5.69 Å². The predicted molar refractivity (Wildman–Crippen MR) is 107 cm³/mol. The van der Waals surface area contributed by atoms with E-state index in [0.29, 0.717) is 11.5 Å². The Morgan fingerprint density at radius 2 is 1.81 bits per heavy atom. The molecule has 5 heteroatoms. The molecule has 0 saturated heterocycles. The van der Waals surface area contributed by atoms with Crippen LogP contribution >= 0.6 is 0 Å². The third-order valence-electron chi connectivity index (χ3n) is 4.27. The molecule has 4 aromatic rings. The summed E-state index contributed by atoms with van der Waals surface area (Å²) in [7, 11) is 3.44. The van der Waals surface area contributed by atoms with Gasteiger partial charge in [0, 0.05) is 37.3 Å². The highest BCUT2D eigenvalue weighted by atomic mass is 16.3. The molecule has 0 bridgehead atoms. The average Bonchev–Trinajstić information content (AvgIpc) is 3.30. The fourth-order valence-corrected chi connectivity index (χ4v) is 2.82. The van der Waals surface area contributed by atoms with E-state index >= 15 is 0 Å². The molecule has 2 heterocycles. The molecule has 0 atom stereocenters. The Bertz CT molecular complexity index is 1090. The summed E-state index contributed by atoms with van der Waals surface area (Å²) in [6, 6.07) is 19.7. The van der Waals surface area contributed by atoms with Gasteiger partial charge in [0.25, 0.3) is 0 Å². The minimum absolute atomic E-state index is 0.0852. The number of likely N-dealkylation sites (N-methyl/N-ethyl adjacent to an activating group) is 1. The Balaban J connectivity index is 1.82. The second-order valence-corrected chi connectivity index (χ2v) is 6.43. The van der Waals surface area contributed by atoms with Crippen molar-refractivity contribution in [2.24, 2.45) is 0 Å². The number of hydrogen-bond acceptors (Lipinski definition) is 3. The van der Waals surface area contributed by atoms with Gasteiger partial charge in [-0.3, -0.25) is 4.79 Å². The van der Waals surface area contributed by atoms with Gasteiger partial charge in [-0.15, -0.1) is 0 Å². The van der Waals surface area contributed by atoms with Crippen molar-refractivity contribution in [2.45, 2.75) is 0 Å². The second kappa shape index (κ2) is 6.96. The quantitative estimate of drug-likeness (QED) is 0.509. The average molecular weight is 357 g/mol. The summed E-state index contributed by atoms with van der Waals surface area (Å²) in [5.74, 6) is 0.584. The monoisotopic (exact) mass is 357 g/mol. The molecular weight excluding hydrogens is 338 g/mol. The minimum atomic E-state index is -0.0852. The van der Waals surface area contributed by atoms with Crippen LogP contribution in [0.3, 0.4) is 0 Å². The number of benzene rings is 2. The molecule has 0 N–H and O–H groups in total. The molecule has 0 aliphatic heterocycles. The number of rotatable bonds is 4. The molecule has 0 spiro atoms. The lowest BCUT2D eigenvalue weighted by molar-refractivity contribution is -0.123. The smallest absolute Gasteiger partial charge is 0.246 e. The highest BCUT2D eigenvalue weighted by molar-refractivity contribution is 5.92. The summed E-state index contributed by atoms with van der Waals surface area (Å²) in [4.78, 5) is 13.5. The molecule has 0 aliphatic carbocycles. The van der Waals surface area contributed by atoms with Crippen molar-refractivity contribution < 1.29 is 9.21 Å². The van der Waals surface area contributed by atoms with Gasteiger partial charge >= 0.3 is 0 Å². The fraction of sp³-hybridized carbons (Fsp3) is 0.0909. The summed E-state index contributed by atoms with van der Waals surface area (Å²) >= 11 is 0. The van der Waals surface area contributed by atoms with Crippen LogP contribution in [0.15, 0.2) is 77.4 Å². The lowest BCUT2D eigenvalue weighted by Gasteiger charge is -2.04. The standard InChI is InChI=1S/C22H19N3O2/c1-24(2)21(26)13-12-17-15-25(18-9-4-3-5-10-18)23-22(17)20-14-16-8-6-7-11-19(16)27-20/h3-15H,1-2H3/b13-12+. The second-order valence-electron chi connectivity index (χ2n) is 6.43. The van der Waals surface area contributed by atoms with Crippen LogP contribution in [0.25, 0.3) is 34.2 Å².